The van der Waals surface area contributed by atoms with Crippen molar-refractivity contribution in [1.82, 2.24) is 19.7 Å². The lowest BCUT2D eigenvalue weighted by atomic mass is 10.1. The van der Waals surface area contributed by atoms with Gasteiger partial charge in [-0.3, -0.25) is 9.78 Å². The highest BCUT2D eigenvalue weighted by molar-refractivity contribution is 5.74. The fourth-order valence-electron chi connectivity index (χ4n) is 4.00. The zero-order valence-electron chi connectivity index (χ0n) is 20.0. The van der Waals surface area contributed by atoms with Crippen LogP contribution in [0.1, 0.15) is 65.3 Å². The number of benzene rings is 1. The van der Waals surface area contributed by atoms with Crippen LogP contribution in [0, 0.1) is 11.8 Å². The van der Waals surface area contributed by atoms with E-state index in [9.17, 15) is 4.79 Å². The quantitative estimate of drug-likeness (QED) is 0.276. The van der Waals surface area contributed by atoms with Gasteiger partial charge in [0.25, 0.3) is 0 Å². The molecule has 1 saturated heterocycles. The minimum Gasteiger partial charge on any atom is -0.354 e. The molecular weight excluding hydrogens is 456 g/mol. The van der Waals surface area contributed by atoms with E-state index in [1.54, 1.807) is 24.5 Å². The van der Waals surface area contributed by atoms with Gasteiger partial charge in [-0.15, -0.1) is 0 Å². The van der Waals surface area contributed by atoms with E-state index in [0.29, 0.717) is 23.6 Å². The minimum atomic E-state index is -0.201. The molecule has 1 aliphatic heterocycles. The van der Waals surface area contributed by atoms with Crippen molar-refractivity contribution in [3.8, 4) is 23.3 Å². The van der Waals surface area contributed by atoms with Crippen LogP contribution in [0.3, 0.4) is 0 Å². The van der Waals surface area contributed by atoms with E-state index >= 15 is 0 Å². The molecule has 5 rings (SSSR count). The zero-order chi connectivity index (χ0) is 24.7. The molecule has 0 saturated carbocycles. The smallest absolute Gasteiger partial charge is 0.185 e. The first-order valence-corrected chi connectivity index (χ1v) is 12.0. The molecule has 2 atom stereocenters. The van der Waals surface area contributed by atoms with Crippen LogP contribution in [0.2, 0.25) is 0 Å². The summed E-state index contributed by atoms with van der Waals surface area (Å²) in [6, 6.07) is 12.7. The van der Waals surface area contributed by atoms with E-state index in [4.69, 9.17) is 14.0 Å². The van der Waals surface area contributed by atoms with Crippen molar-refractivity contribution in [2.75, 3.05) is 6.61 Å². The summed E-state index contributed by atoms with van der Waals surface area (Å²) in [6.07, 6.45) is 8.90. The Morgan fingerprint density at radius 1 is 1.14 bits per heavy atom. The molecule has 1 unspecified atom stereocenters. The number of ether oxygens (including phenoxy) is 2. The number of nitrogens with zero attached hydrogens (tertiary/aromatic N) is 4. The number of pyridine rings is 1. The molecule has 1 aromatic carbocycles. The van der Waals surface area contributed by atoms with Gasteiger partial charge in [-0.25, -0.2) is 4.98 Å². The second kappa shape index (κ2) is 11.1. The number of rotatable bonds is 7. The maximum Gasteiger partial charge on any atom is 0.185 e. The molecule has 0 radical (unpaired) electrons. The Kier molecular flexibility index (Phi) is 7.31. The Morgan fingerprint density at radius 3 is 2.72 bits per heavy atom. The second-order valence-electron chi connectivity index (χ2n) is 8.59. The van der Waals surface area contributed by atoms with E-state index < -0.39 is 0 Å². The van der Waals surface area contributed by atoms with Gasteiger partial charge >= 0.3 is 0 Å². The molecule has 3 aromatic heterocycles. The lowest BCUT2D eigenvalue weighted by Gasteiger charge is -2.26. The fourth-order valence-corrected chi connectivity index (χ4v) is 4.00. The molecule has 1 fully saturated rings. The molecule has 182 valence electrons. The molecule has 0 aliphatic carbocycles. The third-order valence-electron chi connectivity index (χ3n) is 5.91. The van der Waals surface area contributed by atoms with Gasteiger partial charge in [-0.05, 0) is 50.5 Å². The van der Waals surface area contributed by atoms with Crippen molar-refractivity contribution in [3.63, 3.8) is 0 Å². The van der Waals surface area contributed by atoms with Crippen LogP contribution >= 0.6 is 0 Å². The molecule has 8 nitrogen and oxygen atoms in total. The largest absolute Gasteiger partial charge is 0.354 e. The number of carbonyl (C=O) groups is 1. The van der Waals surface area contributed by atoms with Crippen molar-refractivity contribution in [3.05, 3.63) is 89.3 Å². The Balaban J connectivity index is 1.22. The van der Waals surface area contributed by atoms with E-state index in [2.05, 4.69) is 27.0 Å². The van der Waals surface area contributed by atoms with Crippen LogP contribution in [0.5, 0.6) is 0 Å². The summed E-state index contributed by atoms with van der Waals surface area (Å²) in [6.45, 7) is 3.23. The first-order chi connectivity index (χ1) is 17.7. The summed E-state index contributed by atoms with van der Waals surface area (Å²) < 4.78 is 19.3. The van der Waals surface area contributed by atoms with Crippen LogP contribution in [-0.4, -0.2) is 38.9 Å². The second-order valence-corrected chi connectivity index (χ2v) is 8.59. The Morgan fingerprint density at radius 2 is 1.97 bits per heavy atom. The Labute approximate surface area is 209 Å². The summed E-state index contributed by atoms with van der Waals surface area (Å²) >= 11 is 0. The number of carbonyl (C=O) groups excluding carboxylic acids is 1. The van der Waals surface area contributed by atoms with Gasteiger partial charge < -0.3 is 18.6 Å². The van der Waals surface area contributed by atoms with E-state index in [-0.39, 0.29) is 12.4 Å². The van der Waals surface area contributed by atoms with Gasteiger partial charge in [0.1, 0.15) is 29.6 Å². The third kappa shape index (κ3) is 5.77. The van der Waals surface area contributed by atoms with Crippen molar-refractivity contribution >= 4 is 6.29 Å². The molecular formula is C28H26N4O4. The number of aldehydes is 1. The Bertz CT molecular complexity index is 1360. The highest BCUT2D eigenvalue weighted by atomic mass is 16.7. The van der Waals surface area contributed by atoms with Crippen LogP contribution in [0.15, 0.2) is 65.6 Å². The fraction of sp³-hybridized carbons (Fsp3) is 0.286. The first kappa shape index (κ1) is 23.7. The normalized spacial score (nSPS) is 16.2. The molecule has 4 aromatic rings. The number of hydrogen-bond donors (Lipinski definition) is 0. The predicted molar refractivity (Wildman–Crippen MR) is 132 cm³/mol. The van der Waals surface area contributed by atoms with Crippen LogP contribution in [-0.2, 0) is 16.0 Å². The summed E-state index contributed by atoms with van der Waals surface area (Å²) in [4.78, 5) is 19.7. The van der Waals surface area contributed by atoms with E-state index in [1.165, 1.54) is 0 Å². The van der Waals surface area contributed by atoms with Crippen LogP contribution < -0.4 is 0 Å². The summed E-state index contributed by atoms with van der Waals surface area (Å²) in [5.41, 5.74) is 3.66. The molecule has 0 bridgehead atoms. The van der Waals surface area contributed by atoms with Gasteiger partial charge in [0.05, 0.1) is 6.54 Å². The van der Waals surface area contributed by atoms with Gasteiger partial charge in [0, 0.05) is 48.0 Å². The monoisotopic (exact) mass is 482 g/mol. The highest BCUT2D eigenvalue weighted by Gasteiger charge is 2.21. The summed E-state index contributed by atoms with van der Waals surface area (Å²) in [5.74, 6) is 7.55. The van der Waals surface area contributed by atoms with Crippen LogP contribution in [0.4, 0.5) is 0 Å². The third-order valence-corrected chi connectivity index (χ3v) is 5.91. The molecule has 0 N–H and O–H groups in total. The standard InChI is InChI=1S/C28H26N4O4/c1-20(35-27-4-2-3-15-34-27)28-29-13-14-32(28)18-24-16-26(36-31-24)25-12-11-22(17-30-25)8-5-21-6-9-23(19-33)10-7-21/h6-7,9-14,16-17,19-20,27H,2-4,15,18H2,1H3/t20-,27?/m0/s1. The van der Waals surface area contributed by atoms with Gasteiger partial charge in [0.15, 0.2) is 12.1 Å². The maximum absolute atomic E-state index is 10.8. The number of imidazole rings is 1. The van der Waals surface area contributed by atoms with Crippen molar-refractivity contribution in [2.45, 2.75) is 45.1 Å². The Hall–Kier alpha value is -4.06. The van der Waals surface area contributed by atoms with Gasteiger partial charge in [-0.2, -0.15) is 0 Å². The average molecular weight is 483 g/mol. The summed E-state index contributed by atoms with van der Waals surface area (Å²) in [7, 11) is 0. The SMILES string of the molecule is C[C@H](OC1CCCCO1)c1nccn1Cc1cc(-c2ccc(C#Cc3ccc(C=O)cc3)cn2)on1. The van der Waals surface area contributed by atoms with Gasteiger partial charge in [-0.1, -0.05) is 29.1 Å². The summed E-state index contributed by atoms with van der Waals surface area (Å²) in [5, 5.41) is 4.21. The minimum absolute atomic E-state index is 0.181. The molecule has 0 spiro atoms. The molecule has 1 aliphatic rings. The lowest BCUT2D eigenvalue weighted by Crippen LogP contribution is -2.24. The topological polar surface area (TPSA) is 92.3 Å². The van der Waals surface area contributed by atoms with Crippen molar-refractivity contribution < 1.29 is 18.8 Å². The number of aromatic nitrogens is 4. The van der Waals surface area contributed by atoms with Crippen LogP contribution in [0.25, 0.3) is 11.5 Å². The molecule has 8 heteroatoms. The molecule has 36 heavy (non-hydrogen) atoms. The van der Waals surface area contributed by atoms with E-state index in [0.717, 1.165) is 54.8 Å². The average Bonchev–Trinajstić information content (AvgIpc) is 3.59. The van der Waals surface area contributed by atoms with Crippen molar-refractivity contribution in [2.24, 2.45) is 0 Å². The van der Waals surface area contributed by atoms with Gasteiger partial charge in [0.2, 0.25) is 0 Å². The maximum atomic E-state index is 10.8. The zero-order valence-corrected chi connectivity index (χ0v) is 20.0. The lowest BCUT2D eigenvalue weighted by molar-refractivity contribution is -0.188. The van der Waals surface area contributed by atoms with Crippen molar-refractivity contribution in [1.29, 1.82) is 0 Å². The molecule has 4 heterocycles. The molecule has 0 amide bonds. The predicted octanol–water partition coefficient (Wildman–Crippen LogP) is 4.80. The highest BCUT2D eigenvalue weighted by Crippen LogP contribution is 2.24. The number of hydrogen-bond acceptors (Lipinski definition) is 7. The van der Waals surface area contributed by atoms with E-state index in [1.807, 2.05) is 48.0 Å². The first-order valence-electron chi connectivity index (χ1n) is 12.0.